The first-order valence-corrected chi connectivity index (χ1v) is 5.84. The standard InChI is InChI=1S/C8H8ClOP.C4H9.Li/c1-5-3-2-4-6(9)7(5)8(10)11;1-3-4-2;/h2-4H,11H2,1H3;1,3-4H2,2H3;/q;-1;+1. The van der Waals surface area contributed by atoms with Gasteiger partial charge < -0.3 is 6.92 Å². The Balaban J connectivity index is 0. The molecule has 0 spiro atoms. The minimum absolute atomic E-state index is 0. The largest absolute Gasteiger partial charge is 1.00 e. The van der Waals surface area contributed by atoms with Crippen LogP contribution >= 0.6 is 20.8 Å². The number of rotatable bonds is 2. The van der Waals surface area contributed by atoms with Gasteiger partial charge in [-0.15, -0.1) is 0 Å². The van der Waals surface area contributed by atoms with Crippen LogP contribution in [0.4, 0.5) is 0 Å². The van der Waals surface area contributed by atoms with Crippen molar-refractivity contribution in [3.05, 3.63) is 41.3 Å². The molecule has 1 aromatic carbocycles. The number of halogens is 1. The number of unbranched alkanes of at least 4 members (excludes halogenated alkanes) is 1. The first kappa shape index (κ1) is 18.6. The molecular weight excluding hydrogens is 233 g/mol. The van der Waals surface area contributed by atoms with Crippen LogP contribution in [0.15, 0.2) is 18.2 Å². The predicted molar refractivity (Wildman–Crippen MR) is 70.5 cm³/mol. The Hall–Kier alpha value is 0.207. The number of hydrogen-bond donors (Lipinski definition) is 0. The molecule has 0 bridgehead atoms. The fourth-order valence-corrected chi connectivity index (χ4v) is 1.73. The summed E-state index contributed by atoms with van der Waals surface area (Å²) in [4.78, 5) is 11.0. The summed E-state index contributed by atoms with van der Waals surface area (Å²) >= 11 is 5.79. The van der Waals surface area contributed by atoms with Crippen LogP contribution in [-0.4, -0.2) is 5.52 Å². The van der Waals surface area contributed by atoms with E-state index in [0.717, 1.165) is 12.0 Å². The van der Waals surface area contributed by atoms with Gasteiger partial charge in [-0.2, -0.15) is 6.42 Å². The molecule has 4 heteroatoms. The number of aryl methyl sites for hydroxylation is 1. The maximum Gasteiger partial charge on any atom is 1.00 e. The zero-order chi connectivity index (χ0) is 11.8. The summed E-state index contributed by atoms with van der Waals surface area (Å²) in [6.45, 7) is 7.59. The summed E-state index contributed by atoms with van der Waals surface area (Å²) in [7, 11) is 2.12. The van der Waals surface area contributed by atoms with Crippen LogP contribution in [0.3, 0.4) is 0 Å². The van der Waals surface area contributed by atoms with Gasteiger partial charge in [-0.3, -0.25) is 4.79 Å². The molecule has 0 saturated heterocycles. The topological polar surface area (TPSA) is 17.1 Å². The van der Waals surface area contributed by atoms with Crippen molar-refractivity contribution in [2.75, 3.05) is 0 Å². The SMILES string of the molecule is Cc1cccc(Cl)c1C(=O)P.[CH2-]CCC.[Li+]. The summed E-state index contributed by atoms with van der Waals surface area (Å²) in [5, 5.41) is 0.519. The van der Waals surface area contributed by atoms with Crippen LogP contribution in [0, 0.1) is 13.8 Å². The van der Waals surface area contributed by atoms with E-state index in [9.17, 15) is 4.79 Å². The monoisotopic (exact) mass is 250 g/mol. The van der Waals surface area contributed by atoms with Crippen LogP contribution in [0.5, 0.6) is 0 Å². The molecule has 1 unspecified atom stereocenters. The molecule has 1 aromatic rings. The Bertz CT molecular complexity index is 307. The van der Waals surface area contributed by atoms with Gasteiger partial charge >= 0.3 is 18.9 Å². The van der Waals surface area contributed by atoms with Crippen molar-refractivity contribution in [3.8, 4) is 0 Å². The zero-order valence-corrected chi connectivity index (χ0v) is 12.1. The van der Waals surface area contributed by atoms with E-state index in [1.54, 1.807) is 6.07 Å². The Morgan fingerprint density at radius 1 is 1.50 bits per heavy atom. The van der Waals surface area contributed by atoms with Gasteiger partial charge in [0.15, 0.2) is 5.52 Å². The van der Waals surface area contributed by atoms with Crippen molar-refractivity contribution in [1.29, 1.82) is 0 Å². The van der Waals surface area contributed by atoms with E-state index in [0.29, 0.717) is 10.6 Å². The molecule has 0 aliphatic carbocycles. The number of carbonyl (C=O) groups excluding carboxylic acids is 1. The number of benzene rings is 1. The van der Waals surface area contributed by atoms with Crippen LogP contribution in [0.1, 0.15) is 35.7 Å². The molecule has 0 radical (unpaired) electrons. The molecular formula is C12H17ClLiOP. The smallest absolute Gasteiger partial charge is 0.343 e. The molecule has 0 N–H and O–H groups in total. The third kappa shape index (κ3) is 6.72. The van der Waals surface area contributed by atoms with E-state index >= 15 is 0 Å². The third-order valence-corrected chi connectivity index (χ3v) is 2.43. The van der Waals surface area contributed by atoms with Crippen LogP contribution in [0.2, 0.25) is 5.02 Å². The van der Waals surface area contributed by atoms with Gasteiger partial charge in [-0.25, -0.2) is 0 Å². The average molecular weight is 251 g/mol. The molecule has 0 aliphatic heterocycles. The van der Waals surface area contributed by atoms with Crippen molar-refractivity contribution >= 4 is 26.4 Å². The first-order chi connectivity index (χ1) is 7.04. The van der Waals surface area contributed by atoms with E-state index in [1.807, 2.05) is 19.1 Å². The molecule has 0 heterocycles. The van der Waals surface area contributed by atoms with Gasteiger partial charge in [0.1, 0.15) is 0 Å². The quantitative estimate of drug-likeness (QED) is 0.439. The fraction of sp³-hybridized carbons (Fsp3) is 0.333. The summed E-state index contributed by atoms with van der Waals surface area (Å²) in [6.07, 6.45) is 2.28. The van der Waals surface area contributed by atoms with Crippen LogP contribution < -0.4 is 18.9 Å². The van der Waals surface area contributed by atoms with E-state index in [-0.39, 0.29) is 24.4 Å². The summed E-state index contributed by atoms with van der Waals surface area (Å²) in [6, 6.07) is 5.41. The van der Waals surface area contributed by atoms with E-state index in [1.165, 1.54) is 6.42 Å². The summed E-state index contributed by atoms with van der Waals surface area (Å²) in [5.41, 5.74) is 1.45. The van der Waals surface area contributed by atoms with Crippen molar-refractivity contribution < 1.29 is 23.7 Å². The normalized spacial score (nSPS) is 8.56. The van der Waals surface area contributed by atoms with Gasteiger partial charge in [-0.1, -0.05) is 46.3 Å². The molecule has 0 fully saturated rings. The molecule has 1 rings (SSSR count). The number of carbonyl (C=O) groups is 1. The van der Waals surface area contributed by atoms with E-state index in [2.05, 4.69) is 23.1 Å². The second kappa shape index (κ2) is 10.4. The maximum atomic E-state index is 11.0. The van der Waals surface area contributed by atoms with E-state index in [4.69, 9.17) is 11.6 Å². The summed E-state index contributed by atoms with van der Waals surface area (Å²) in [5.74, 6) is 0. The Labute approximate surface area is 118 Å². The Morgan fingerprint density at radius 3 is 2.25 bits per heavy atom. The van der Waals surface area contributed by atoms with Gasteiger partial charge in [0.25, 0.3) is 0 Å². The van der Waals surface area contributed by atoms with Crippen LogP contribution in [0.25, 0.3) is 0 Å². The second-order valence-electron chi connectivity index (χ2n) is 3.15. The molecule has 0 aromatic heterocycles. The van der Waals surface area contributed by atoms with Gasteiger partial charge in [0, 0.05) is 5.56 Å². The number of hydrogen-bond acceptors (Lipinski definition) is 1. The average Bonchev–Trinajstić information content (AvgIpc) is 2.17. The molecule has 84 valence electrons. The van der Waals surface area contributed by atoms with Crippen LogP contribution in [-0.2, 0) is 0 Å². The van der Waals surface area contributed by atoms with Crippen molar-refractivity contribution in [3.63, 3.8) is 0 Å². The van der Waals surface area contributed by atoms with Crippen molar-refractivity contribution in [2.24, 2.45) is 0 Å². The van der Waals surface area contributed by atoms with Gasteiger partial charge in [-0.05, 0) is 18.6 Å². The van der Waals surface area contributed by atoms with E-state index < -0.39 is 0 Å². The molecule has 0 amide bonds. The van der Waals surface area contributed by atoms with Gasteiger partial charge in [0.2, 0.25) is 0 Å². The maximum absolute atomic E-state index is 11.0. The Morgan fingerprint density at radius 2 is 2.00 bits per heavy atom. The van der Waals surface area contributed by atoms with Gasteiger partial charge in [0.05, 0.1) is 5.02 Å². The minimum atomic E-state index is -0.0619. The molecule has 1 atom stereocenters. The molecule has 16 heavy (non-hydrogen) atoms. The fourth-order valence-electron chi connectivity index (χ4n) is 0.944. The minimum Gasteiger partial charge on any atom is -0.343 e. The zero-order valence-electron chi connectivity index (χ0n) is 10.2. The predicted octanol–water partition coefficient (Wildman–Crippen LogP) is 1.29. The molecule has 1 nitrogen and oxygen atoms in total. The first-order valence-electron chi connectivity index (χ1n) is 4.88. The molecule has 0 aliphatic rings. The third-order valence-electron chi connectivity index (χ3n) is 1.82. The van der Waals surface area contributed by atoms with Crippen molar-refractivity contribution in [1.82, 2.24) is 0 Å². The van der Waals surface area contributed by atoms with Crippen molar-refractivity contribution in [2.45, 2.75) is 26.7 Å². The second-order valence-corrected chi connectivity index (χ2v) is 4.08. The molecule has 0 saturated carbocycles. The Kier molecular flexibility index (Phi) is 12.0. The summed E-state index contributed by atoms with van der Waals surface area (Å²) < 4.78 is 0.